The normalized spacial score (nSPS) is 18.2. The number of rotatable bonds is 2. The van der Waals surface area contributed by atoms with Crippen LogP contribution in [0.25, 0.3) is 4.83 Å². The molecule has 1 atom stereocenters. The van der Waals surface area contributed by atoms with Crippen molar-refractivity contribution in [3.05, 3.63) is 52.7 Å². The van der Waals surface area contributed by atoms with Crippen molar-refractivity contribution in [3.63, 3.8) is 0 Å². The van der Waals surface area contributed by atoms with E-state index in [0.717, 1.165) is 37.4 Å². The summed E-state index contributed by atoms with van der Waals surface area (Å²) in [7, 11) is 0. The lowest BCUT2D eigenvalue weighted by atomic mass is 9.95. The summed E-state index contributed by atoms with van der Waals surface area (Å²) in [5.74, 6) is 1.41. The van der Waals surface area contributed by atoms with Crippen LogP contribution in [0, 0.1) is 13.8 Å². The van der Waals surface area contributed by atoms with Crippen LogP contribution in [0.2, 0.25) is 0 Å². The van der Waals surface area contributed by atoms with Gasteiger partial charge < -0.3 is 4.90 Å². The van der Waals surface area contributed by atoms with Gasteiger partial charge in [-0.15, -0.1) is 11.3 Å². The summed E-state index contributed by atoms with van der Waals surface area (Å²) in [6.45, 7) is 5.71. The molecule has 24 heavy (non-hydrogen) atoms. The number of aryl methyl sites for hydroxylation is 2. The topological polar surface area (TPSA) is 50.5 Å². The highest BCUT2D eigenvalue weighted by Gasteiger charge is 2.29. The van der Waals surface area contributed by atoms with E-state index in [1.54, 1.807) is 23.7 Å². The second kappa shape index (κ2) is 6.02. The van der Waals surface area contributed by atoms with Gasteiger partial charge in [0.05, 0.1) is 11.3 Å². The molecule has 4 heterocycles. The lowest BCUT2D eigenvalue weighted by Gasteiger charge is -2.32. The van der Waals surface area contributed by atoms with Gasteiger partial charge in [0.15, 0.2) is 0 Å². The highest BCUT2D eigenvalue weighted by atomic mass is 32.1. The van der Waals surface area contributed by atoms with Crippen molar-refractivity contribution in [3.8, 4) is 0 Å². The van der Waals surface area contributed by atoms with E-state index in [2.05, 4.69) is 28.6 Å². The van der Waals surface area contributed by atoms with Crippen LogP contribution in [-0.4, -0.2) is 38.3 Å². The summed E-state index contributed by atoms with van der Waals surface area (Å²) in [6, 6.07) is 3.64. The minimum Gasteiger partial charge on any atom is -0.338 e. The van der Waals surface area contributed by atoms with Crippen LogP contribution in [-0.2, 0) is 0 Å². The first-order valence-electron chi connectivity index (χ1n) is 8.27. The van der Waals surface area contributed by atoms with Crippen molar-refractivity contribution in [1.82, 2.24) is 19.3 Å². The molecule has 1 fully saturated rings. The molecule has 0 aliphatic carbocycles. The molecule has 1 aliphatic heterocycles. The number of fused-ring (bicyclic) bond motifs is 1. The molecule has 0 spiro atoms. The standard InChI is InChI=1S/C18H20N4OS/c1-12-11-24-18-16(20-13(2)22(12)18)15-6-4-8-21(10-15)17(23)14-5-3-7-19-9-14/h3,5,7,9,11,15H,4,6,8,10H2,1-2H3/t15-/m1/s1. The average Bonchev–Trinajstić information content (AvgIpc) is 3.16. The Hall–Kier alpha value is -2.21. The SMILES string of the molecule is Cc1csc2c([C@@H]3CCCN(C(=O)c4cccnc4)C3)nc(C)n12. The number of aromatic nitrogens is 3. The van der Waals surface area contributed by atoms with Crippen LogP contribution < -0.4 is 0 Å². The van der Waals surface area contributed by atoms with Gasteiger partial charge in [0, 0.05) is 42.5 Å². The van der Waals surface area contributed by atoms with Crippen LogP contribution in [0.1, 0.15) is 46.3 Å². The number of imidazole rings is 1. The van der Waals surface area contributed by atoms with Crippen molar-refractivity contribution in [2.24, 2.45) is 0 Å². The molecule has 5 nitrogen and oxygen atoms in total. The Morgan fingerprint density at radius 2 is 2.25 bits per heavy atom. The molecule has 0 bridgehead atoms. The second-order valence-electron chi connectivity index (χ2n) is 6.39. The molecule has 4 rings (SSSR count). The molecule has 0 radical (unpaired) electrons. The monoisotopic (exact) mass is 340 g/mol. The van der Waals surface area contributed by atoms with E-state index in [1.807, 2.05) is 17.0 Å². The summed E-state index contributed by atoms with van der Waals surface area (Å²) in [4.78, 5) is 24.8. The fourth-order valence-corrected chi connectivity index (χ4v) is 4.68. The number of hydrogen-bond acceptors (Lipinski definition) is 4. The van der Waals surface area contributed by atoms with E-state index in [9.17, 15) is 4.79 Å². The summed E-state index contributed by atoms with van der Waals surface area (Å²) in [6.07, 6.45) is 5.44. The molecule has 1 saturated heterocycles. The number of nitrogens with zero attached hydrogens (tertiary/aromatic N) is 4. The summed E-state index contributed by atoms with van der Waals surface area (Å²) < 4.78 is 2.22. The number of amides is 1. The number of carbonyl (C=O) groups is 1. The molecule has 124 valence electrons. The summed E-state index contributed by atoms with van der Waals surface area (Å²) >= 11 is 1.75. The minimum absolute atomic E-state index is 0.0716. The average molecular weight is 340 g/mol. The van der Waals surface area contributed by atoms with E-state index in [1.165, 1.54) is 10.5 Å². The maximum atomic E-state index is 12.7. The number of thiazole rings is 1. The number of carbonyl (C=O) groups excluding carboxylic acids is 1. The largest absolute Gasteiger partial charge is 0.338 e. The maximum Gasteiger partial charge on any atom is 0.255 e. The molecule has 1 aliphatic rings. The van der Waals surface area contributed by atoms with Crippen molar-refractivity contribution in [2.45, 2.75) is 32.6 Å². The van der Waals surface area contributed by atoms with Crippen LogP contribution >= 0.6 is 11.3 Å². The van der Waals surface area contributed by atoms with Gasteiger partial charge in [-0.1, -0.05) is 0 Å². The molecule has 0 saturated carbocycles. The van der Waals surface area contributed by atoms with Crippen molar-refractivity contribution in [2.75, 3.05) is 13.1 Å². The van der Waals surface area contributed by atoms with Gasteiger partial charge in [0.2, 0.25) is 0 Å². The molecule has 0 N–H and O–H groups in total. The summed E-state index contributed by atoms with van der Waals surface area (Å²) in [5.41, 5.74) is 3.04. The van der Waals surface area contributed by atoms with E-state index >= 15 is 0 Å². The predicted molar refractivity (Wildman–Crippen MR) is 94.7 cm³/mol. The zero-order chi connectivity index (χ0) is 16.7. The molecule has 1 amide bonds. The zero-order valence-electron chi connectivity index (χ0n) is 13.9. The first kappa shape index (κ1) is 15.3. The number of piperidine rings is 1. The minimum atomic E-state index is 0.0716. The molecule has 0 aromatic carbocycles. The maximum absolute atomic E-state index is 12.7. The van der Waals surface area contributed by atoms with Crippen LogP contribution in [0.3, 0.4) is 0 Å². The Balaban J connectivity index is 1.62. The number of pyridine rings is 1. The molecule has 6 heteroatoms. The molecule has 3 aromatic rings. The quantitative estimate of drug-likeness (QED) is 0.718. The van der Waals surface area contributed by atoms with Crippen LogP contribution in [0.15, 0.2) is 29.9 Å². The molecular weight excluding hydrogens is 320 g/mol. The van der Waals surface area contributed by atoms with Gasteiger partial charge in [0.1, 0.15) is 10.7 Å². The van der Waals surface area contributed by atoms with Crippen molar-refractivity contribution >= 4 is 22.1 Å². The third-order valence-corrected chi connectivity index (χ3v) is 5.80. The molecule has 3 aromatic heterocycles. The fourth-order valence-electron chi connectivity index (χ4n) is 3.58. The lowest BCUT2D eigenvalue weighted by Crippen LogP contribution is -2.39. The Morgan fingerprint density at radius 1 is 1.38 bits per heavy atom. The van der Waals surface area contributed by atoms with Gasteiger partial charge in [-0.3, -0.25) is 14.2 Å². The van der Waals surface area contributed by atoms with Gasteiger partial charge in [-0.05, 0) is 38.8 Å². The predicted octanol–water partition coefficient (Wildman–Crippen LogP) is 3.43. The zero-order valence-corrected chi connectivity index (χ0v) is 14.7. The summed E-state index contributed by atoms with van der Waals surface area (Å²) in [5, 5.41) is 2.18. The van der Waals surface area contributed by atoms with Gasteiger partial charge in [0.25, 0.3) is 5.91 Å². The van der Waals surface area contributed by atoms with Gasteiger partial charge in [-0.25, -0.2) is 4.98 Å². The van der Waals surface area contributed by atoms with Gasteiger partial charge in [-0.2, -0.15) is 0 Å². The highest BCUT2D eigenvalue weighted by Crippen LogP contribution is 2.33. The second-order valence-corrected chi connectivity index (χ2v) is 7.25. The van der Waals surface area contributed by atoms with Gasteiger partial charge >= 0.3 is 0 Å². The van der Waals surface area contributed by atoms with E-state index in [0.29, 0.717) is 11.5 Å². The fraction of sp³-hybridized carbons (Fsp3) is 0.389. The third kappa shape index (κ3) is 2.51. The number of likely N-dealkylation sites (tertiary alicyclic amines) is 1. The first-order valence-corrected chi connectivity index (χ1v) is 9.15. The van der Waals surface area contributed by atoms with E-state index in [-0.39, 0.29) is 5.91 Å². The molecular formula is C18H20N4OS. The van der Waals surface area contributed by atoms with E-state index < -0.39 is 0 Å². The Labute approximate surface area is 145 Å². The van der Waals surface area contributed by atoms with E-state index in [4.69, 9.17) is 4.98 Å². The Kier molecular flexibility index (Phi) is 3.84. The highest BCUT2D eigenvalue weighted by molar-refractivity contribution is 7.15. The van der Waals surface area contributed by atoms with Crippen LogP contribution in [0.5, 0.6) is 0 Å². The Bertz CT molecular complexity index is 883. The Morgan fingerprint density at radius 3 is 3.04 bits per heavy atom. The third-order valence-electron chi connectivity index (χ3n) is 4.73. The van der Waals surface area contributed by atoms with Crippen LogP contribution in [0.4, 0.5) is 0 Å². The number of hydrogen-bond donors (Lipinski definition) is 0. The lowest BCUT2D eigenvalue weighted by molar-refractivity contribution is 0.0706. The molecule has 0 unspecified atom stereocenters. The smallest absolute Gasteiger partial charge is 0.255 e. The van der Waals surface area contributed by atoms with Crippen molar-refractivity contribution in [1.29, 1.82) is 0 Å². The first-order chi connectivity index (χ1) is 11.6. The van der Waals surface area contributed by atoms with Crippen molar-refractivity contribution < 1.29 is 4.79 Å².